The Morgan fingerprint density at radius 3 is 2.73 bits per heavy atom. The Bertz CT molecular complexity index is 665. The highest BCUT2D eigenvalue weighted by molar-refractivity contribution is 5.84. The number of nitrogens with zero attached hydrogens (tertiary/aromatic N) is 1. The minimum absolute atomic E-state index is 0.199. The fourth-order valence-electron chi connectivity index (χ4n) is 2.32. The average Bonchev–Trinajstić information content (AvgIpc) is 2.50. The Balaban J connectivity index is 2.31. The van der Waals surface area contributed by atoms with Gasteiger partial charge < -0.3 is 9.47 Å². The fourth-order valence-corrected chi connectivity index (χ4v) is 2.32. The molecule has 4 heteroatoms. The maximum atomic E-state index is 11.4. The van der Waals surface area contributed by atoms with E-state index in [4.69, 9.17) is 9.47 Å². The number of aryl methyl sites for hydroxylation is 2. The predicted octanol–water partition coefficient (Wildman–Crippen LogP) is 3.68. The van der Waals surface area contributed by atoms with Gasteiger partial charge in [-0.25, -0.2) is 0 Å². The van der Waals surface area contributed by atoms with Crippen molar-refractivity contribution in [3.63, 3.8) is 0 Å². The number of fused-ring (bicyclic) bond motifs is 1. The van der Waals surface area contributed by atoms with Gasteiger partial charge in [-0.15, -0.1) is 0 Å². The smallest absolute Gasteiger partial charge is 0.305 e. The van der Waals surface area contributed by atoms with Gasteiger partial charge >= 0.3 is 5.97 Å². The molecule has 1 aromatic heterocycles. The van der Waals surface area contributed by atoms with E-state index in [1.54, 1.807) is 0 Å². The van der Waals surface area contributed by atoms with Crippen molar-refractivity contribution >= 4 is 16.9 Å². The van der Waals surface area contributed by atoms with Crippen molar-refractivity contribution in [3.05, 3.63) is 35.5 Å². The number of hydrogen-bond acceptors (Lipinski definition) is 4. The number of aromatic nitrogens is 1. The maximum absolute atomic E-state index is 11.4. The first-order valence-electron chi connectivity index (χ1n) is 7.59. The molecule has 1 aromatic carbocycles. The topological polar surface area (TPSA) is 48.4 Å². The SMILES string of the molecule is COC(=O)CCc1cc(C)nc2ccc(OCC(C)C)cc12. The van der Waals surface area contributed by atoms with Gasteiger partial charge in [-0.2, -0.15) is 0 Å². The van der Waals surface area contributed by atoms with Crippen molar-refractivity contribution in [2.45, 2.75) is 33.6 Å². The zero-order chi connectivity index (χ0) is 16.1. The van der Waals surface area contributed by atoms with Crippen LogP contribution < -0.4 is 4.74 Å². The number of carbonyl (C=O) groups excluding carboxylic acids is 1. The van der Waals surface area contributed by atoms with Gasteiger partial charge in [-0.1, -0.05) is 13.8 Å². The summed E-state index contributed by atoms with van der Waals surface area (Å²) in [5.41, 5.74) is 2.97. The third-order valence-corrected chi connectivity index (χ3v) is 3.40. The summed E-state index contributed by atoms with van der Waals surface area (Å²) in [5, 5.41) is 1.04. The molecule has 0 bridgehead atoms. The molecule has 0 aliphatic heterocycles. The van der Waals surface area contributed by atoms with Gasteiger partial charge in [0.15, 0.2) is 0 Å². The zero-order valence-electron chi connectivity index (χ0n) is 13.7. The molecule has 22 heavy (non-hydrogen) atoms. The number of methoxy groups -OCH3 is 1. The quantitative estimate of drug-likeness (QED) is 0.764. The van der Waals surface area contributed by atoms with Gasteiger partial charge in [0, 0.05) is 17.5 Å². The lowest BCUT2D eigenvalue weighted by Gasteiger charge is -2.12. The first-order chi connectivity index (χ1) is 10.5. The molecule has 0 saturated carbocycles. The van der Waals surface area contributed by atoms with E-state index in [-0.39, 0.29) is 5.97 Å². The average molecular weight is 301 g/mol. The number of rotatable bonds is 6. The van der Waals surface area contributed by atoms with Crippen LogP contribution in [0.15, 0.2) is 24.3 Å². The summed E-state index contributed by atoms with van der Waals surface area (Å²) in [7, 11) is 1.41. The molecule has 0 N–H and O–H groups in total. The maximum Gasteiger partial charge on any atom is 0.305 e. The van der Waals surface area contributed by atoms with E-state index < -0.39 is 0 Å². The highest BCUT2D eigenvalue weighted by Gasteiger charge is 2.09. The van der Waals surface area contributed by atoms with Crippen LogP contribution in [0.3, 0.4) is 0 Å². The zero-order valence-corrected chi connectivity index (χ0v) is 13.7. The number of carbonyl (C=O) groups is 1. The van der Waals surface area contributed by atoms with E-state index in [1.165, 1.54) is 7.11 Å². The lowest BCUT2D eigenvalue weighted by molar-refractivity contribution is -0.140. The lowest BCUT2D eigenvalue weighted by Crippen LogP contribution is -2.05. The molecule has 0 aliphatic rings. The first kappa shape index (κ1) is 16.3. The molecule has 0 aliphatic carbocycles. The predicted molar refractivity (Wildman–Crippen MR) is 87.2 cm³/mol. The number of ether oxygens (including phenoxy) is 2. The van der Waals surface area contributed by atoms with Crippen LogP contribution in [-0.4, -0.2) is 24.7 Å². The van der Waals surface area contributed by atoms with Gasteiger partial charge in [0.05, 0.1) is 19.2 Å². The number of esters is 1. The standard InChI is InChI=1S/C18H23NO3/c1-12(2)11-22-15-6-7-17-16(10-15)14(9-13(3)19-17)5-8-18(20)21-4/h6-7,9-10,12H,5,8,11H2,1-4H3. The van der Waals surface area contributed by atoms with Gasteiger partial charge in [-0.05, 0) is 49.1 Å². The number of hydrogen-bond donors (Lipinski definition) is 0. The minimum atomic E-state index is -0.199. The summed E-state index contributed by atoms with van der Waals surface area (Å²) in [4.78, 5) is 15.9. The molecule has 118 valence electrons. The van der Waals surface area contributed by atoms with Gasteiger partial charge in [0.1, 0.15) is 5.75 Å². The summed E-state index contributed by atoms with van der Waals surface area (Å²) >= 11 is 0. The van der Waals surface area contributed by atoms with Crippen LogP contribution in [-0.2, 0) is 16.0 Å². The van der Waals surface area contributed by atoms with E-state index in [2.05, 4.69) is 18.8 Å². The van der Waals surface area contributed by atoms with Crippen LogP contribution in [0.1, 0.15) is 31.5 Å². The molecule has 0 radical (unpaired) electrons. The summed E-state index contributed by atoms with van der Waals surface area (Å²) in [5.74, 6) is 1.12. The molecular weight excluding hydrogens is 278 g/mol. The van der Waals surface area contributed by atoms with Crippen molar-refractivity contribution in [2.75, 3.05) is 13.7 Å². The molecular formula is C18H23NO3. The number of pyridine rings is 1. The van der Waals surface area contributed by atoms with Crippen molar-refractivity contribution in [2.24, 2.45) is 5.92 Å². The van der Waals surface area contributed by atoms with Gasteiger partial charge in [0.25, 0.3) is 0 Å². The monoisotopic (exact) mass is 301 g/mol. The van der Waals surface area contributed by atoms with Crippen LogP contribution >= 0.6 is 0 Å². The van der Waals surface area contributed by atoms with Crippen LogP contribution in [0, 0.1) is 12.8 Å². The Labute approximate surface area is 131 Å². The second-order valence-corrected chi connectivity index (χ2v) is 5.88. The minimum Gasteiger partial charge on any atom is -0.493 e. The molecule has 0 amide bonds. The molecule has 1 heterocycles. The van der Waals surface area contributed by atoms with Crippen molar-refractivity contribution in [3.8, 4) is 5.75 Å². The largest absolute Gasteiger partial charge is 0.493 e. The highest BCUT2D eigenvalue weighted by atomic mass is 16.5. The molecule has 0 spiro atoms. The van der Waals surface area contributed by atoms with Crippen LogP contribution in [0.4, 0.5) is 0 Å². The van der Waals surface area contributed by atoms with Crippen LogP contribution in [0.25, 0.3) is 10.9 Å². The molecule has 0 atom stereocenters. The summed E-state index contributed by atoms with van der Waals surface area (Å²) in [6, 6.07) is 7.95. The Kier molecular flexibility index (Phi) is 5.36. The highest BCUT2D eigenvalue weighted by Crippen LogP contribution is 2.25. The molecule has 0 fully saturated rings. The summed E-state index contributed by atoms with van der Waals surface area (Å²) in [6.45, 7) is 6.88. The molecule has 2 aromatic rings. The van der Waals surface area contributed by atoms with Gasteiger partial charge in [-0.3, -0.25) is 9.78 Å². The van der Waals surface area contributed by atoms with Crippen LogP contribution in [0.2, 0.25) is 0 Å². The van der Waals surface area contributed by atoms with Crippen molar-refractivity contribution in [1.82, 2.24) is 4.98 Å². The first-order valence-corrected chi connectivity index (χ1v) is 7.59. The van der Waals surface area contributed by atoms with E-state index in [1.807, 2.05) is 31.2 Å². The van der Waals surface area contributed by atoms with E-state index >= 15 is 0 Å². The lowest BCUT2D eigenvalue weighted by atomic mass is 10.0. The fraction of sp³-hybridized carbons (Fsp3) is 0.444. The molecule has 4 nitrogen and oxygen atoms in total. The molecule has 2 rings (SSSR count). The number of benzene rings is 1. The third kappa shape index (κ3) is 4.20. The second kappa shape index (κ2) is 7.25. The van der Waals surface area contributed by atoms with E-state index in [9.17, 15) is 4.79 Å². The van der Waals surface area contributed by atoms with Crippen LogP contribution in [0.5, 0.6) is 5.75 Å². The second-order valence-electron chi connectivity index (χ2n) is 5.88. The summed E-state index contributed by atoms with van der Waals surface area (Å²) in [6.07, 6.45) is 1.01. The normalized spacial score (nSPS) is 11.0. The van der Waals surface area contributed by atoms with Crippen molar-refractivity contribution < 1.29 is 14.3 Å². The van der Waals surface area contributed by atoms with Gasteiger partial charge in [0.2, 0.25) is 0 Å². The third-order valence-electron chi connectivity index (χ3n) is 3.40. The molecule has 0 unspecified atom stereocenters. The Hall–Kier alpha value is -2.10. The Morgan fingerprint density at radius 2 is 2.05 bits per heavy atom. The van der Waals surface area contributed by atoms with E-state index in [0.717, 1.165) is 27.9 Å². The van der Waals surface area contributed by atoms with Crippen molar-refractivity contribution in [1.29, 1.82) is 0 Å². The summed E-state index contributed by atoms with van der Waals surface area (Å²) < 4.78 is 10.5. The Morgan fingerprint density at radius 1 is 1.27 bits per heavy atom. The van der Waals surface area contributed by atoms with E-state index in [0.29, 0.717) is 25.4 Å². The molecule has 0 saturated heterocycles.